The number of aryl methyl sites for hydroxylation is 1. The van der Waals surface area contributed by atoms with Crippen molar-refractivity contribution in [2.75, 3.05) is 32.7 Å². The number of benzene rings is 1. The summed E-state index contributed by atoms with van der Waals surface area (Å²) in [6.45, 7) is 4.90. The quantitative estimate of drug-likeness (QED) is 0.257. The minimum Gasteiger partial charge on any atom is -0.461 e. The number of hydrogen-bond donors (Lipinski definition) is 4. The number of fused-ring (bicyclic) bond motifs is 1. The Morgan fingerprint density at radius 3 is 2.52 bits per heavy atom. The van der Waals surface area contributed by atoms with Crippen molar-refractivity contribution in [2.24, 2.45) is 10.7 Å². The molecule has 1 unspecified atom stereocenters. The molecule has 214 valence electrons. The SMILES string of the molecule is C#C.Cc1cc2cc(N=C(N)NC(=O)C3CNC(=O)N3)ccc2o1.O=C(CN1CCCCCC1=O)N1CCCC1. The van der Waals surface area contributed by atoms with Gasteiger partial charge >= 0.3 is 6.03 Å². The zero-order valence-corrected chi connectivity index (χ0v) is 22.8. The van der Waals surface area contributed by atoms with Crippen molar-refractivity contribution in [3.05, 3.63) is 30.0 Å². The molecular formula is C28H37N7O5. The van der Waals surface area contributed by atoms with Gasteiger partial charge in [-0.05, 0) is 56.9 Å². The van der Waals surface area contributed by atoms with Gasteiger partial charge in [0.1, 0.15) is 17.4 Å². The van der Waals surface area contributed by atoms with Crippen LogP contribution in [-0.2, 0) is 14.4 Å². The number of nitrogens with zero attached hydrogens (tertiary/aromatic N) is 3. The number of amides is 5. The number of hydrogen-bond acceptors (Lipinski definition) is 6. The second-order valence-electron chi connectivity index (χ2n) is 9.69. The molecule has 5 N–H and O–H groups in total. The maximum atomic E-state index is 11.9. The highest BCUT2D eigenvalue weighted by atomic mass is 16.3. The topological polar surface area (TPSA) is 162 Å². The van der Waals surface area contributed by atoms with Gasteiger partial charge in [0.05, 0.1) is 12.2 Å². The Morgan fingerprint density at radius 2 is 1.82 bits per heavy atom. The smallest absolute Gasteiger partial charge is 0.315 e. The van der Waals surface area contributed by atoms with Gasteiger partial charge in [0.2, 0.25) is 17.8 Å². The van der Waals surface area contributed by atoms with Crippen molar-refractivity contribution in [2.45, 2.75) is 51.5 Å². The van der Waals surface area contributed by atoms with E-state index >= 15 is 0 Å². The Balaban J connectivity index is 0.000000217. The van der Waals surface area contributed by atoms with E-state index < -0.39 is 11.9 Å². The average molecular weight is 552 g/mol. The van der Waals surface area contributed by atoms with Gasteiger partial charge in [0, 0.05) is 38.0 Å². The van der Waals surface area contributed by atoms with Gasteiger partial charge in [-0.2, -0.15) is 0 Å². The zero-order valence-electron chi connectivity index (χ0n) is 22.8. The molecule has 1 atom stereocenters. The van der Waals surface area contributed by atoms with Gasteiger partial charge in [-0.25, -0.2) is 9.79 Å². The first-order chi connectivity index (χ1) is 19.3. The number of urea groups is 1. The summed E-state index contributed by atoms with van der Waals surface area (Å²) in [5.74, 6) is 0.644. The maximum absolute atomic E-state index is 11.9. The first kappa shape index (κ1) is 30.0. The highest BCUT2D eigenvalue weighted by molar-refractivity contribution is 6.02. The predicted molar refractivity (Wildman–Crippen MR) is 151 cm³/mol. The number of nitrogens with two attached hydrogens (primary N) is 1. The summed E-state index contributed by atoms with van der Waals surface area (Å²) in [5, 5.41) is 8.32. The number of aliphatic imine (C=N–C) groups is 1. The molecule has 0 aliphatic carbocycles. The van der Waals surface area contributed by atoms with Crippen LogP contribution in [0.4, 0.5) is 10.5 Å². The third kappa shape index (κ3) is 8.49. The van der Waals surface area contributed by atoms with E-state index in [0.717, 1.165) is 68.5 Å². The Morgan fingerprint density at radius 1 is 1.10 bits per heavy atom. The lowest BCUT2D eigenvalue weighted by Crippen LogP contribution is -2.47. The first-order valence-corrected chi connectivity index (χ1v) is 13.4. The number of carbonyl (C=O) groups is 4. The molecular weight excluding hydrogens is 514 g/mol. The fourth-order valence-corrected chi connectivity index (χ4v) is 4.66. The molecule has 1 aromatic heterocycles. The summed E-state index contributed by atoms with van der Waals surface area (Å²) in [5.41, 5.74) is 7.08. The van der Waals surface area contributed by atoms with Gasteiger partial charge in [0.25, 0.3) is 5.91 Å². The number of furan rings is 1. The Hall–Kier alpha value is -4.53. The van der Waals surface area contributed by atoms with Crippen LogP contribution >= 0.6 is 0 Å². The lowest BCUT2D eigenvalue weighted by Gasteiger charge is -2.23. The second-order valence-corrected chi connectivity index (χ2v) is 9.69. The summed E-state index contributed by atoms with van der Waals surface area (Å²) in [6.07, 6.45) is 14.0. The summed E-state index contributed by atoms with van der Waals surface area (Å²) in [7, 11) is 0. The number of likely N-dealkylation sites (tertiary alicyclic amines) is 2. The Labute approximate surface area is 233 Å². The van der Waals surface area contributed by atoms with Crippen LogP contribution in [0.3, 0.4) is 0 Å². The van der Waals surface area contributed by atoms with E-state index in [-0.39, 0.29) is 30.3 Å². The number of guanidine groups is 1. The fourth-order valence-electron chi connectivity index (χ4n) is 4.66. The van der Waals surface area contributed by atoms with Crippen LogP contribution in [0.1, 0.15) is 44.3 Å². The average Bonchev–Trinajstić information content (AvgIpc) is 3.67. The van der Waals surface area contributed by atoms with Crippen LogP contribution in [0.15, 0.2) is 33.7 Å². The molecule has 0 bridgehead atoms. The van der Waals surface area contributed by atoms with Crippen molar-refractivity contribution in [1.29, 1.82) is 0 Å². The molecule has 12 nitrogen and oxygen atoms in total. The molecule has 3 aliphatic rings. The molecule has 2 aromatic rings. The molecule has 5 amide bonds. The van der Waals surface area contributed by atoms with E-state index in [9.17, 15) is 19.2 Å². The minimum absolute atomic E-state index is 0.0364. The third-order valence-electron chi connectivity index (χ3n) is 6.67. The molecule has 3 fully saturated rings. The molecule has 0 radical (unpaired) electrons. The molecule has 3 aliphatic heterocycles. The van der Waals surface area contributed by atoms with Crippen LogP contribution < -0.4 is 21.7 Å². The van der Waals surface area contributed by atoms with Crippen LogP contribution in [-0.4, -0.2) is 78.3 Å². The van der Waals surface area contributed by atoms with E-state index in [0.29, 0.717) is 18.7 Å². The van der Waals surface area contributed by atoms with Crippen LogP contribution in [0.5, 0.6) is 0 Å². The van der Waals surface area contributed by atoms with Crippen molar-refractivity contribution in [1.82, 2.24) is 25.8 Å². The van der Waals surface area contributed by atoms with Crippen LogP contribution in [0.2, 0.25) is 0 Å². The summed E-state index contributed by atoms with van der Waals surface area (Å²) < 4.78 is 5.47. The van der Waals surface area contributed by atoms with Crippen LogP contribution in [0.25, 0.3) is 11.0 Å². The summed E-state index contributed by atoms with van der Waals surface area (Å²) in [4.78, 5) is 54.2. The summed E-state index contributed by atoms with van der Waals surface area (Å²) in [6, 6.07) is 6.20. The number of terminal acetylenes is 1. The third-order valence-corrected chi connectivity index (χ3v) is 6.67. The number of rotatable bonds is 4. The van der Waals surface area contributed by atoms with E-state index in [1.807, 2.05) is 24.0 Å². The summed E-state index contributed by atoms with van der Waals surface area (Å²) >= 11 is 0. The molecule has 40 heavy (non-hydrogen) atoms. The highest BCUT2D eigenvalue weighted by Crippen LogP contribution is 2.24. The molecule has 5 rings (SSSR count). The molecule has 1 aromatic carbocycles. The van der Waals surface area contributed by atoms with Crippen molar-refractivity contribution in [3.63, 3.8) is 0 Å². The molecule has 4 heterocycles. The second kappa shape index (κ2) is 14.6. The van der Waals surface area contributed by atoms with E-state index in [1.165, 1.54) is 0 Å². The monoisotopic (exact) mass is 551 g/mol. The van der Waals surface area contributed by atoms with Gasteiger partial charge in [-0.3, -0.25) is 19.7 Å². The van der Waals surface area contributed by atoms with Crippen molar-refractivity contribution >= 4 is 46.4 Å². The fraction of sp³-hybridized carbons (Fsp3) is 0.464. The van der Waals surface area contributed by atoms with Gasteiger partial charge in [0.15, 0.2) is 0 Å². The van der Waals surface area contributed by atoms with Gasteiger partial charge < -0.3 is 30.6 Å². The maximum Gasteiger partial charge on any atom is 0.315 e. The largest absolute Gasteiger partial charge is 0.461 e. The predicted octanol–water partition coefficient (Wildman–Crippen LogP) is 1.75. The normalized spacial score (nSPS) is 19.0. The van der Waals surface area contributed by atoms with E-state index in [4.69, 9.17) is 10.2 Å². The first-order valence-electron chi connectivity index (χ1n) is 13.4. The Bertz CT molecular complexity index is 1260. The van der Waals surface area contributed by atoms with Gasteiger partial charge in [-0.1, -0.05) is 6.42 Å². The standard InChI is InChI=1S/C14H15N5O3.C12H20N2O2.C2H2/c1-7-4-8-5-9(2-3-11(8)22-7)17-13(15)19-12(20)10-6-16-14(21)18-10;15-11-6-2-1-3-9-14(11)10-12(16)13-7-4-5-8-13;1-2/h2-5,10H,6H2,1H3,(H2,16,18,21)(H3,15,17,19,20);1-10H2;1-2H. The highest BCUT2D eigenvalue weighted by Gasteiger charge is 2.27. The van der Waals surface area contributed by atoms with Crippen molar-refractivity contribution in [3.8, 4) is 12.8 Å². The molecule has 0 spiro atoms. The minimum atomic E-state index is -0.653. The number of carbonyl (C=O) groups excluding carboxylic acids is 4. The number of nitrogens with one attached hydrogen (secondary N) is 3. The van der Waals surface area contributed by atoms with E-state index in [2.05, 4.69) is 33.8 Å². The Kier molecular flexibility index (Phi) is 10.9. The zero-order chi connectivity index (χ0) is 29.1. The molecule has 0 saturated carbocycles. The lowest BCUT2D eigenvalue weighted by atomic mass is 10.2. The lowest BCUT2D eigenvalue weighted by molar-refractivity contribution is -0.139. The molecule has 3 saturated heterocycles. The van der Waals surface area contributed by atoms with E-state index in [1.54, 1.807) is 17.0 Å². The van der Waals surface area contributed by atoms with Crippen molar-refractivity contribution < 1.29 is 23.6 Å². The van der Waals surface area contributed by atoms with Crippen LogP contribution in [0, 0.1) is 19.8 Å². The van der Waals surface area contributed by atoms with Gasteiger partial charge in [-0.15, -0.1) is 12.8 Å². The molecule has 12 heteroatoms.